The van der Waals surface area contributed by atoms with Gasteiger partial charge in [-0.1, -0.05) is 57.9 Å². The van der Waals surface area contributed by atoms with Crippen LogP contribution in [0.2, 0.25) is 0 Å². The SMILES string of the molecule is C/C=C/Oc1cc([N+](=O)[O-])ccc1OCCCCCCCCCC. The van der Waals surface area contributed by atoms with Crippen LogP contribution in [0.3, 0.4) is 0 Å². The molecule has 24 heavy (non-hydrogen) atoms. The number of unbranched alkanes of at least 4 members (excludes halogenated alkanes) is 7. The number of nitrogens with zero attached hydrogens (tertiary/aromatic N) is 1. The van der Waals surface area contributed by atoms with Crippen LogP contribution in [-0.4, -0.2) is 11.5 Å². The molecule has 0 fully saturated rings. The van der Waals surface area contributed by atoms with Crippen LogP contribution >= 0.6 is 0 Å². The molecule has 134 valence electrons. The summed E-state index contributed by atoms with van der Waals surface area (Å²) in [5.41, 5.74) is -0.00562. The van der Waals surface area contributed by atoms with Gasteiger partial charge >= 0.3 is 0 Å². The molecule has 0 saturated heterocycles. The summed E-state index contributed by atoms with van der Waals surface area (Å²) in [5.74, 6) is 0.920. The molecule has 0 aliphatic rings. The first kappa shape index (κ1) is 20.0. The first-order chi connectivity index (χ1) is 11.7. The van der Waals surface area contributed by atoms with Crippen LogP contribution in [0, 0.1) is 10.1 Å². The lowest BCUT2D eigenvalue weighted by molar-refractivity contribution is -0.384. The van der Waals surface area contributed by atoms with Crippen LogP contribution in [0.15, 0.2) is 30.5 Å². The number of benzene rings is 1. The van der Waals surface area contributed by atoms with Crippen LogP contribution in [0.4, 0.5) is 5.69 Å². The largest absolute Gasteiger partial charge is 0.490 e. The number of allylic oxidation sites excluding steroid dienone is 1. The predicted octanol–water partition coefficient (Wildman–Crippen LogP) is 6.03. The molecule has 0 atom stereocenters. The van der Waals surface area contributed by atoms with Crippen LogP contribution < -0.4 is 9.47 Å². The molecule has 0 heterocycles. The van der Waals surface area contributed by atoms with Gasteiger partial charge in [0.05, 0.1) is 23.9 Å². The molecule has 0 saturated carbocycles. The fourth-order valence-corrected chi connectivity index (χ4v) is 2.38. The molecule has 0 aliphatic heterocycles. The van der Waals surface area contributed by atoms with Gasteiger partial charge in [-0.05, 0) is 19.4 Å². The zero-order valence-corrected chi connectivity index (χ0v) is 14.8. The average molecular weight is 335 g/mol. The Morgan fingerprint density at radius 2 is 1.71 bits per heavy atom. The van der Waals surface area contributed by atoms with Gasteiger partial charge in [0.1, 0.15) is 0 Å². The molecule has 0 unspecified atom stereocenters. The second-order valence-corrected chi connectivity index (χ2v) is 5.80. The number of nitro groups is 1. The molecule has 1 rings (SSSR count). The summed E-state index contributed by atoms with van der Waals surface area (Å²) in [7, 11) is 0. The number of ether oxygens (including phenoxy) is 2. The standard InChI is InChI=1S/C19H29NO4/c1-3-5-6-7-8-9-10-11-15-24-18-13-12-17(20(21)22)16-19(18)23-14-4-2/h4,12-14,16H,3,5-11,15H2,1-2H3/b14-4+. The maximum atomic E-state index is 10.9. The van der Waals surface area contributed by atoms with E-state index < -0.39 is 4.92 Å². The minimum absolute atomic E-state index is 0.00562. The lowest BCUT2D eigenvalue weighted by atomic mass is 10.1. The Kier molecular flexibility index (Phi) is 10.3. The highest BCUT2D eigenvalue weighted by Gasteiger charge is 2.12. The maximum Gasteiger partial charge on any atom is 0.273 e. The van der Waals surface area contributed by atoms with Crippen molar-refractivity contribution in [1.29, 1.82) is 0 Å². The number of rotatable bonds is 13. The van der Waals surface area contributed by atoms with Gasteiger partial charge in [-0.15, -0.1) is 0 Å². The van der Waals surface area contributed by atoms with E-state index in [9.17, 15) is 10.1 Å². The van der Waals surface area contributed by atoms with Crippen molar-refractivity contribution in [3.05, 3.63) is 40.7 Å². The van der Waals surface area contributed by atoms with Crippen molar-refractivity contribution >= 4 is 5.69 Å². The smallest absolute Gasteiger partial charge is 0.273 e. The van der Waals surface area contributed by atoms with E-state index in [1.807, 2.05) is 6.92 Å². The lowest BCUT2D eigenvalue weighted by Gasteiger charge is -2.10. The Hall–Kier alpha value is -2.04. The van der Waals surface area contributed by atoms with E-state index in [1.165, 1.54) is 56.9 Å². The van der Waals surface area contributed by atoms with E-state index >= 15 is 0 Å². The Morgan fingerprint density at radius 1 is 1.04 bits per heavy atom. The van der Waals surface area contributed by atoms with Crippen molar-refractivity contribution in [2.24, 2.45) is 0 Å². The van der Waals surface area contributed by atoms with E-state index in [4.69, 9.17) is 9.47 Å². The monoisotopic (exact) mass is 335 g/mol. The second kappa shape index (κ2) is 12.4. The van der Waals surface area contributed by atoms with Crippen molar-refractivity contribution < 1.29 is 14.4 Å². The van der Waals surface area contributed by atoms with Gasteiger partial charge in [-0.2, -0.15) is 0 Å². The minimum Gasteiger partial charge on any atom is -0.490 e. The van der Waals surface area contributed by atoms with Gasteiger partial charge in [0, 0.05) is 6.07 Å². The summed E-state index contributed by atoms with van der Waals surface area (Å²) in [6, 6.07) is 4.43. The Balaban J connectivity index is 2.36. The summed E-state index contributed by atoms with van der Waals surface area (Å²) in [4.78, 5) is 10.4. The summed E-state index contributed by atoms with van der Waals surface area (Å²) in [5, 5.41) is 10.9. The molecule has 5 heteroatoms. The highest BCUT2D eigenvalue weighted by molar-refractivity contribution is 5.48. The van der Waals surface area contributed by atoms with E-state index in [2.05, 4.69) is 6.92 Å². The predicted molar refractivity (Wildman–Crippen MR) is 96.6 cm³/mol. The Bertz CT molecular complexity index is 514. The molecular weight excluding hydrogens is 306 g/mol. The molecule has 0 radical (unpaired) electrons. The number of nitro benzene ring substituents is 1. The number of hydrogen-bond acceptors (Lipinski definition) is 4. The molecule has 0 aromatic heterocycles. The van der Waals surface area contributed by atoms with Gasteiger partial charge in [-0.3, -0.25) is 10.1 Å². The fourth-order valence-electron chi connectivity index (χ4n) is 2.38. The zero-order valence-electron chi connectivity index (χ0n) is 14.8. The normalized spacial score (nSPS) is 10.9. The highest BCUT2D eigenvalue weighted by Crippen LogP contribution is 2.31. The van der Waals surface area contributed by atoms with Crippen molar-refractivity contribution in [2.45, 2.75) is 65.2 Å². The van der Waals surface area contributed by atoms with Crippen molar-refractivity contribution in [2.75, 3.05) is 6.61 Å². The van der Waals surface area contributed by atoms with E-state index in [0.717, 1.165) is 12.8 Å². The summed E-state index contributed by atoms with van der Waals surface area (Å²) in [6.45, 7) is 4.64. The third kappa shape index (κ3) is 7.99. The maximum absolute atomic E-state index is 10.9. The van der Waals surface area contributed by atoms with Gasteiger partial charge < -0.3 is 9.47 Å². The third-order valence-electron chi connectivity index (χ3n) is 3.72. The first-order valence-electron chi connectivity index (χ1n) is 8.88. The molecule has 0 spiro atoms. The van der Waals surface area contributed by atoms with Crippen LogP contribution in [-0.2, 0) is 0 Å². The molecule has 0 amide bonds. The molecule has 0 bridgehead atoms. The minimum atomic E-state index is -0.440. The van der Waals surface area contributed by atoms with Gasteiger partial charge in [-0.25, -0.2) is 0 Å². The van der Waals surface area contributed by atoms with Gasteiger partial charge in [0.25, 0.3) is 5.69 Å². The Morgan fingerprint density at radius 3 is 2.33 bits per heavy atom. The van der Waals surface area contributed by atoms with Gasteiger partial charge in [0.15, 0.2) is 11.5 Å². The zero-order chi connectivity index (χ0) is 17.6. The average Bonchev–Trinajstić information content (AvgIpc) is 2.58. The molecule has 1 aromatic rings. The number of non-ortho nitro benzene ring substituents is 1. The quantitative estimate of drug-likeness (QED) is 0.191. The van der Waals surface area contributed by atoms with E-state index in [1.54, 1.807) is 12.1 Å². The second-order valence-electron chi connectivity index (χ2n) is 5.80. The summed E-state index contributed by atoms with van der Waals surface area (Å²) in [6.07, 6.45) is 13.1. The van der Waals surface area contributed by atoms with Crippen molar-refractivity contribution in [3.63, 3.8) is 0 Å². The molecule has 5 nitrogen and oxygen atoms in total. The first-order valence-corrected chi connectivity index (χ1v) is 8.88. The van der Waals surface area contributed by atoms with Crippen molar-refractivity contribution in [3.8, 4) is 11.5 Å². The Labute approximate surface area is 144 Å². The fraction of sp³-hybridized carbons (Fsp3) is 0.579. The third-order valence-corrected chi connectivity index (χ3v) is 3.72. The molecule has 0 N–H and O–H groups in total. The van der Waals surface area contributed by atoms with E-state index in [0.29, 0.717) is 18.1 Å². The summed E-state index contributed by atoms with van der Waals surface area (Å²) < 4.78 is 11.1. The highest BCUT2D eigenvalue weighted by atomic mass is 16.6. The molecule has 1 aromatic carbocycles. The van der Waals surface area contributed by atoms with Crippen LogP contribution in [0.25, 0.3) is 0 Å². The lowest BCUT2D eigenvalue weighted by Crippen LogP contribution is -2.00. The van der Waals surface area contributed by atoms with Crippen LogP contribution in [0.1, 0.15) is 65.2 Å². The molecule has 0 aliphatic carbocycles. The van der Waals surface area contributed by atoms with Crippen LogP contribution in [0.5, 0.6) is 11.5 Å². The number of hydrogen-bond donors (Lipinski definition) is 0. The topological polar surface area (TPSA) is 61.6 Å². The van der Waals surface area contributed by atoms with Gasteiger partial charge in [0.2, 0.25) is 0 Å². The van der Waals surface area contributed by atoms with E-state index in [-0.39, 0.29) is 5.69 Å². The van der Waals surface area contributed by atoms with Crippen molar-refractivity contribution in [1.82, 2.24) is 0 Å². The summed E-state index contributed by atoms with van der Waals surface area (Å²) >= 11 is 0. The molecular formula is C19H29NO4.